The van der Waals surface area contributed by atoms with Crippen LogP contribution in [0.15, 0.2) is 73.1 Å². The molecule has 14 heteroatoms. The summed E-state index contributed by atoms with van der Waals surface area (Å²) in [6.07, 6.45) is 7.77. The average molecular weight is 681 g/mol. The molecule has 1 amide bonds. The van der Waals surface area contributed by atoms with Crippen molar-refractivity contribution >= 4 is 30.2 Å². The van der Waals surface area contributed by atoms with Crippen molar-refractivity contribution in [2.24, 2.45) is 0 Å². The third kappa shape index (κ3) is 8.98. The Hall–Kier alpha value is -6.30. The van der Waals surface area contributed by atoms with Crippen molar-refractivity contribution in [1.29, 1.82) is 5.26 Å². The second kappa shape index (κ2) is 17.7. The van der Waals surface area contributed by atoms with E-state index < -0.39 is 11.9 Å². The molecule has 1 saturated heterocycles. The van der Waals surface area contributed by atoms with Crippen LogP contribution in [0.1, 0.15) is 40.0 Å². The number of carbonyl (C=O) groups is 3. The number of benzene rings is 2. The number of phenols is 1. The second-order valence-corrected chi connectivity index (χ2v) is 11.0. The molecule has 1 aliphatic heterocycles. The van der Waals surface area contributed by atoms with Gasteiger partial charge in [0.1, 0.15) is 23.1 Å². The van der Waals surface area contributed by atoms with Gasteiger partial charge in [-0.3, -0.25) is 14.8 Å². The molecule has 50 heavy (non-hydrogen) atoms. The highest BCUT2D eigenvalue weighted by Crippen LogP contribution is 2.40. The SMILES string of the molecule is COC(=O)c1ccc(-c2c(-c3ccc(OC)c(O)c3)cnc(N3CCC(NCc4ccc(/C=C/C(=O)NO)cc4)CC3)c2C#N)cn1.O=CO. The normalized spacial score (nSPS) is 12.7. The van der Waals surface area contributed by atoms with Crippen molar-refractivity contribution in [1.82, 2.24) is 20.8 Å². The van der Waals surface area contributed by atoms with Crippen molar-refractivity contribution in [2.75, 3.05) is 32.2 Å². The van der Waals surface area contributed by atoms with E-state index in [4.69, 9.17) is 29.6 Å². The number of nitrogens with zero attached hydrogens (tertiary/aromatic N) is 4. The van der Waals surface area contributed by atoms with Gasteiger partial charge in [-0.2, -0.15) is 5.26 Å². The number of nitrogens with one attached hydrogen (secondary N) is 2. The fourth-order valence-electron chi connectivity index (χ4n) is 5.50. The minimum atomic E-state index is -0.588. The number of carbonyl (C=O) groups excluding carboxylic acids is 2. The van der Waals surface area contributed by atoms with Gasteiger partial charge in [0.2, 0.25) is 0 Å². The maximum absolute atomic E-state index is 12.0. The van der Waals surface area contributed by atoms with Gasteiger partial charge in [-0.05, 0) is 53.8 Å². The van der Waals surface area contributed by atoms with Crippen molar-refractivity contribution in [2.45, 2.75) is 25.4 Å². The van der Waals surface area contributed by atoms with Crippen LogP contribution in [0.2, 0.25) is 0 Å². The summed E-state index contributed by atoms with van der Waals surface area (Å²) in [5.74, 6) is -0.330. The molecule has 1 aliphatic rings. The number of pyridine rings is 2. The third-order valence-corrected chi connectivity index (χ3v) is 8.01. The number of hydrogen-bond donors (Lipinski definition) is 5. The number of rotatable bonds is 10. The number of nitriles is 1. The molecule has 0 aliphatic carbocycles. The predicted octanol–water partition coefficient (Wildman–Crippen LogP) is 4.16. The molecule has 1 fully saturated rings. The number of aromatic hydroxyl groups is 1. The quantitative estimate of drug-likeness (QED) is 0.0525. The lowest BCUT2D eigenvalue weighted by Gasteiger charge is -2.34. The van der Waals surface area contributed by atoms with Crippen LogP contribution >= 0.6 is 0 Å². The van der Waals surface area contributed by atoms with Gasteiger partial charge in [-0.1, -0.05) is 36.4 Å². The van der Waals surface area contributed by atoms with Gasteiger partial charge in [0.15, 0.2) is 11.5 Å². The van der Waals surface area contributed by atoms with Crippen LogP contribution in [-0.4, -0.2) is 77.1 Å². The summed E-state index contributed by atoms with van der Waals surface area (Å²) in [5.41, 5.74) is 6.46. The highest BCUT2D eigenvalue weighted by molar-refractivity contribution is 5.92. The molecule has 258 valence electrons. The number of anilines is 1. The zero-order valence-electron chi connectivity index (χ0n) is 27.4. The van der Waals surface area contributed by atoms with Gasteiger partial charge in [-0.25, -0.2) is 20.2 Å². The molecule has 5 N–H and O–H groups in total. The van der Waals surface area contributed by atoms with Gasteiger partial charge in [0, 0.05) is 60.8 Å². The van der Waals surface area contributed by atoms with Crippen molar-refractivity contribution in [3.05, 3.63) is 95.5 Å². The molecule has 0 saturated carbocycles. The summed E-state index contributed by atoms with van der Waals surface area (Å²) >= 11 is 0. The van der Waals surface area contributed by atoms with Crippen LogP contribution in [0.4, 0.5) is 5.82 Å². The molecule has 5 rings (SSSR count). The first-order chi connectivity index (χ1) is 24.3. The molecular weight excluding hydrogens is 644 g/mol. The van der Waals surface area contributed by atoms with E-state index in [1.54, 1.807) is 48.1 Å². The number of hydroxylamine groups is 1. The maximum atomic E-state index is 12.0. The largest absolute Gasteiger partial charge is 0.504 e. The molecule has 14 nitrogen and oxygen atoms in total. The zero-order valence-corrected chi connectivity index (χ0v) is 27.4. The number of carboxylic acid groups (broad SMARTS) is 1. The fourth-order valence-corrected chi connectivity index (χ4v) is 5.50. The second-order valence-electron chi connectivity index (χ2n) is 11.0. The summed E-state index contributed by atoms with van der Waals surface area (Å²) in [7, 11) is 2.76. The van der Waals surface area contributed by atoms with E-state index in [9.17, 15) is 20.0 Å². The average Bonchev–Trinajstić information content (AvgIpc) is 3.16. The van der Waals surface area contributed by atoms with Gasteiger partial charge < -0.3 is 29.9 Å². The van der Waals surface area contributed by atoms with Crippen molar-refractivity contribution in [3.63, 3.8) is 0 Å². The summed E-state index contributed by atoms with van der Waals surface area (Å²) in [6, 6.07) is 18.7. The molecule has 0 spiro atoms. The molecule has 2 aromatic carbocycles. The van der Waals surface area contributed by atoms with Crippen LogP contribution < -0.4 is 20.4 Å². The smallest absolute Gasteiger partial charge is 0.356 e. The highest BCUT2D eigenvalue weighted by Gasteiger charge is 2.26. The number of hydrogen-bond acceptors (Lipinski definition) is 12. The molecule has 4 aromatic rings. The van der Waals surface area contributed by atoms with E-state index in [0.29, 0.717) is 59.0 Å². The van der Waals surface area contributed by atoms with Crippen LogP contribution in [-0.2, 0) is 20.9 Å². The third-order valence-electron chi connectivity index (χ3n) is 8.01. The highest BCUT2D eigenvalue weighted by atomic mass is 16.5. The Bertz CT molecular complexity index is 1870. The number of piperidine rings is 1. The molecule has 2 aromatic heterocycles. The summed E-state index contributed by atoms with van der Waals surface area (Å²) in [5, 5.41) is 40.1. The summed E-state index contributed by atoms with van der Waals surface area (Å²) < 4.78 is 10.0. The van der Waals surface area contributed by atoms with Gasteiger partial charge in [0.05, 0.1) is 14.2 Å². The van der Waals surface area contributed by atoms with E-state index in [2.05, 4.69) is 21.3 Å². The Labute approximate surface area is 288 Å². The molecular formula is C36H36N6O8. The molecule has 0 radical (unpaired) electrons. The number of aromatic nitrogens is 2. The van der Waals surface area contributed by atoms with E-state index in [0.717, 1.165) is 24.0 Å². The number of ether oxygens (including phenoxy) is 2. The number of amides is 1. The first-order valence-electron chi connectivity index (χ1n) is 15.4. The van der Waals surface area contributed by atoms with Crippen LogP contribution in [0.25, 0.3) is 28.3 Å². The van der Waals surface area contributed by atoms with E-state index in [1.807, 2.05) is 24.3 Å². The van der Waals surface area contributed by atoms with Gasteiger partial charge >= 0.3 is 5.97 Å². The Kier molecular flexibility index (Phi) is 13.0. The van der Waals surface area contributed by atoms with Crippen molar-refractivity contribution in [3.8, 4) is 39.8 Å². The first-order valence-corrected chi connectivity index (χ1v) is 15.4. The zero-order chi connectivity index (χ0) is 36.0. The summed E-state index contributed by atoms with van der Waals surface area (Å²) in [4.78, 5) is 42.7. The molecule has 0 atom stereocenters. The van der Waals surface area contributed by atoms with Gasteiger partial charge in [0.25, 0.3) is 12.4 Å². The number of phenolic OH excluding ortho intramolecular Hbond substituents is 1. The van der Waals surface area contributed by atoms with Crippen molar-refractivity contribution < 1.29 is 39.3 Å². The molecule has 0 unspecified atom stereocenters. The molecule has 3 heterocycles. The predicted molar refractivity (Wildman–Crippen MR) is 183 cm³/mol. The van der Waals surface area contributed by atoms with E-state index in [-0.39, 0.29) is 24.0 Å². The van der Waals surface area contributed by atoms with E-state index in [1.165, 1.54) is 26.5 Å². The van der Waals surface area contributed by atoms with Crippen LogP contribution in [0.3, 0.4) is 0 Å². The number of esters is 1. The Morgan fingerprint density at radius 3 is 2.32 bits per heavy atom. The summed E-state index contributed by atoms with van der Waals surface area (Å²) in [6.45, 7) is 1.78. The molecule has 0 bridgehead atoms. The number of methoxy groups -OCH3 is 2. The lowest BCUT2D eigenvalue weighted by Crippen LogP contribution is -2.42. The minimum absolute atomic E-state index is 0.0489. The lowest BCUT2D eigenvalue weighted by atomic mass is 9.92. The standard InChI is InChI=1S/C35H34N6O6.CH2O2/c1-46-31-11-9-24(17-30(31)42)28-21-39-34(27(18-36)33(28)25-8-10-29(38-20-25)35(44)47-2)41-15-13-26(14-16-41)37-19-23-5-3-22(4-6-23)7-12-32(43)40-45;2-1-3/h3-12,17,20-21,26,37,42,45H,13-16,19H2,1-2H3,(H,40,43);1H,(H,2,3)/b12-7+;. The van der Waals surface area contributed by atoms with Crippen LogP contribution in [0.5, 0.6) is 11.5 Å². The lowest BCUT2D eigenvalue weighted by molar-refractivity contribution is -0.124. The Balaban J connectivity index is 0.00000181. The van der Waals surface area contributed by atoms with E-state index >= 15 is 0 Å². The fraction of sp³-hybridized carbons (Fsp3) is 0.222. The first kappa shape index (κ1) is 36.5. The monoisotopic (exact) mass is 680 g/mol. The van der Waals surface area contributed by atoms with Gasteiger partial charge in [-0.15, -0.1) is 0 Å². The topological polar surface area (TPSA) is 207 Å². The minimum Gasteiger partial charge on any atom is -0.504 e. The maximum Gasteiger partial charge on any atom is 0.356 e. The van der Waals surface area contributed by atoms with Crippen LogP contribution in [0, 0.1) is 11.3 Å². The Morgan fingerprint density at radius 2 is 1.74 bits per heavy atom. The Morgan fingerprint density at radius 1 is 1.04 bits per heavy atom.